The SMILES string of the molecule is COc1ccc(C2CCCCC2)c2c1cc1n2C(C)=C2C=C2C2=CC=CCC21. The van der Waals surface area contributed by atoms with E-state index in [1.54, 1.807) is 7.11 Å². The van der Waals surface area contributed by atoms with E-state index >= 15 is 0 Å². The smallest absolute Gasteiger partial charge is 0.128 e. The number of hydrogen-bond acceptors (Lipinski definition) is 1. The molecule has 4 aliphatic rings. The Hall–Kier alpha value is -2.48. The third-order valence-corrected chi connectivity index (χ3v) is 7.30. The van der Waals surface area contributed by atoms with Crippen LogP contribution < -0.4 is 4.74 Å². The van der Waals surface area contributed by atoms with Crippen molar-refractivity contribution >= 4 is 16.6 Å². The second kappa shape index (κ2) is 6.01. The Morgan fingerprint density at radius 2 is 1.96 bits per heavy atom. The fourth-order valence-electron chi connectivity index (χ4n) is 5.83. The van der Waals surface area contributed by atoms with Gasteiger partial charge in [-0.05, 0) is 67.0 Å². The second-order valence-electron chi connectivity index (χ2n) is 8.75. The molecule has 2 nitrogen and oxygen atoms in total. The average molecular weight is 370 g/mol. The Bertz CT molecular complexity index is 1110. The Labute approximate surface area is 166 Å². The molecule has 1 unspecified atom stereocenters. The van der Waals surface area contributed by atoms with Crippen LogP contribution in [0.2, 0.25) is 0 Å². The fraction of sp³-hybridized carbons (Fsp3) is 0.385. The summed E-state index contributed by atoms with van der Waals surface area (Å²) in [5.41, 5.74) is 10.2. The van der Waals surface area contributed by atoms with E-state index in [0.29, 0.717) is 11.8 Å². The molecule has 0 N–H and O–H groups in total. The van der Waals surface area contributed by atoms with Crippen molar-refractivity contribution in [3.63, 3.8) is 0 Å². The largest absolute Gasteiger partial charge is 0.496 e. The number of methoxy groups -OCH3 is 1. The molecule has 2 heterocycles. The number of allylic oxidation sites excluding steroid dienone is 8. The fourth-order valence-corrected chi connectivity index (χ4v) is 5.83. The third-order valence-electron chi connectivity index (χ3n) is 7.30. The van der Waals surface area contributed by atoms with Crippen molar-refractivity contribution in [3.8, 4) is 5.75 Å². The topological polar surface area (TPSA) is 14.2 Å². The lowest BCUT2D eigenvalue weighted by molar-refractivity contribution is 0.418. The molecular weight excluding hydrogens is 342 g/mol. The highest BCUT2D eigenvalue weighted by molar-refractivity contribution is 5.96. The van der Waals surface area contributed by atoms with Gasteiger partial charge in [-0.15, -0.1) is 0 Å². The van der Waals surface area contributed by atoms with Gasteiger partial charge >= 0.3 is 0 Å². The van der Waals surface area contributed by atoms with E-state index in [9.17, 15) is 0 Å². The summed E-state index contributed by atoms with van der Waals surface area (Å²) in [7, 11) is 1.80. The predicted octanol–water partition coefficient (Wildman–Crippen LogP) is 6.85. The minimum absolute atomic E-state index is 0.447. The Kier molecular flexibility index (Phi) is 3.53. The van der Waals surface area contributed by atoms with E-state index in [2.05, 4.69) is 54.0 Å². The molecule has 142 valence electrons. The van der Waals surface area contributed by atoms with E-state index in [1.807, 2.05) is 0 Å². The van der Waals surface area contributed by atoms with Crippen LogP contribution in [0.1, 0.15) is 68.5 Å². The predicted molar refractivity (Wildman–Crippen MR) is 116 cm³/mol. The molecule has 1 fully saturated rings. The number of rotatable bonds is 2. The van der Waals surface area contributed by atoms with Crippen LogP contribution in [0.15, 0.2) is 59.2 Å². The molecule has 3 aliphatic carbocycles. The zero-order chi connectivity index (χ0) is 18.8. The average Bonchev–Trinajstić information content (AvgIpc) is 3.46. The van der Waals surface area contributed by atoms with E-state index in [-0.39, 0.29) is 0 Å². The standard InChI is InChI=1S/C26H27NO/c1-16-21-14-22(21)19-10-6-7-11-20(19)24-15-23-25(28-2)13-12-18(26(23)27(16)24)17-8-4-3-5-9-17/h6-7,10,12-15,17,20H,3-5,8-9,11H2,1-2H3. The molecule has 1 aliphatic heterocycles. The number of aromatic nitrogens is 1. The van der Waals surface area contributed by atoms with Crippen molar-refractivity contribution in [2.75, 3.05) is 7.11 Å². The first-order chi connectivity index (χ1) is 13.8. The van der Waals surface area contributed by atoms with Gasteiger partial charge in [-0.3, -0.25) is 0 Å². The van der Waals surface area contributed by atoms with Gasteiger partial charge in [0, 0.05) is 28.3 Å². The summed E-state index contributed by atoms with van der Waals surface area (Å²) in [6, 6.07) is 6.98. The van der Waals surface area contributed by atoms with Crippen molar-refractivity contribution in [1.82, 2.24) is 4.57 Å². The van der Waals surface area contributed by atoms with Crippen LogP contribution in [0.5, 0.6) is 5.75 Å². The number of ether oxygens (including phenoxy) is 1. The van der Waals surface area contributed by atoms with Gasteiger partial charge in [-0.25, -0.2) is 0 Å². The van der Waals surface area contributed by atoms with Crippen molar-refractivity contribution in [2.45, 2.75) is 57.3 Å². The summed E-state index contributed by atoms with van der Waals surface area (Å²) in [6.07, 6.45) is 17.1. The molecule has 0 radical (unpaired) electrons. The zero-order valence-corrected chi connectivity index (χ0v) is 16.8. The highest BCUT2D eigenvalue weighted by Crippen LogP contribution is 2.53. The highest BCUT2D eigenvalue weighted by Gasteiger charge is 2.37. The number of hydrogen-bond donors (Lipinski definition) is 0. The minimum Gasteiger partial charge on any atom is -0.496 e. The van der Waals surface area contributed by atoms with E-state index in [4.69, 9.17) is 4.74 Å². The molecule has 1 aromatic heterocycles. The molecule has 0 bridgehead atoms. The summed E-state index contributed by atoms with van der Waals surface area (Å²) < 4.78 is 8.40. The number of fused-ring (bicyclic) bond motifs is 7. The minimum atomic E-state index is 0.447. The normalized spacial score (nSPS) is 23.6. The summed E-state index contributed by atoms with van der Waals surface area (Å²) in [4.78, 5) is 0. The van der Waals surface area contributed by atoms with Gasteiger partial charge in [0.2, 0.25) is 0 Å². The van der Waals surface area contributed by atoms with Gasteiger partial charge in [-0.2, -0.15) is 0 Å². The van der Waals surface area contributed by atoms with E-state index in [0.717, 1.165) is 12.2 Å². The highest BCUT2D eigenvalue weighted by atomic mass is 16.5. The third kappa shape index (κ3) is 2.21. The second-order valence-corrected chi connectivity index (χ2v) is 8.75. The molecule has 0 amide bonds. The van der Waals surface area contributed by atoms with Crippen LogP contribution >= 0.6 is 0 Å². The van der Waals surface area contributed by atoms with Crippen LogP contribution in [0.3, 0.4) is 0 Å². The molecule has 2 aromatic rings. The zero-order valence-electron chi connectivity index (χ0n) is 16.8. The molecule has 1 saturated carbocycles. The first-order valence-electron chi connectivity index (χ1n) is 10.8. The Morgan fingerprint density at radius 3 is 2.79 bits per heavy atom. The van der Waals surface area contributed by atoms with Gasteiger partial charge in [0.05, 0.1) is 12.6 Å². The first-order valence-corrected chi connectivity index (χ1v) is 10.8. The van der Waals surface area contributed by atoms with E-state index in [1.165, 1.54) is 76.7 Å². The van der Waals surface area contributed by atoms with Crippen LogP contribution in [-0.2, 0) is 0 Å². The van der Waals surface area contributed by atoms with Crippen LogP contribution in [-0.4, -0.2) is 11.7 Å². The lowest BCUT2D eigenvalue weighted by Gasteiger charge is -2.25. The Balaban J connectivity index is 1.66. The first kappa shape index (κ1) is 16.5. The van der Waals surface area contributed by atoms with Crippen molar-refractivity contribution in [1.29, 1.82) is 0 Å². The summed E-state index contributed by atoms with van der Waals surface area (Å²) in [5, 5.41) is 1.29. The van der Waals surface area contributed by atoms with Gasteiger partial charge < -0.3 is 9.30 Å². The Morgan fingerprint density at radius 1 is 1.11 bits per heavy atom. The molecule has 2 heteroatoms. The van der Waals surface area contributed by atoms with Gasteiger partial charge in [0.15, 0.2) is 0 Å². The van der Waals surface area contributed by atoms with Crippen LogP contribution in [0.4, 0.5) is 0 Å². The van der Waals surface area contributed by atoms with Crippen LogP contribution in [0, 0.1) is 0 Å². The monoisotopic (exact) mass is 369 g/mol. The van der Waals surface area contributed by atoms with Crippen molar-refractivity contribution in [2.24, 2.45) is 0 Å². The molecule has 0 saturated heterocycles. The molecule has 1 aromatic carbocycles. The summed E-state index contributed by atoms with van der Waals surface area (Å²) in [5.74, 6) is 2.13. The maximum absolute atomic E-state index is 5.82. The molecule has 0 spiro atoms. The van der Waals surface area contributed by atoms with Gasteiger partial charge in [0.1, 0.15) is 5.75 Å². The van der Waals surface area contributed by atoms with E-state index < -0.39 is 0 Å². The van der Waals surface area contributed by atoms with Gasteiger partial charge in [-0.1, -0.05) is 43.6 Å². The maximum Gasteiger partial charge on any atom is 0.128 e. The molecular formula is C26H27NO. The van der Waals surface area contributed by atoms with Crippen LogP contribution in [0.25, 0.3) is 16.6 Å². The van der Waals surface area contributed by atoms with Crippen molar-refractivity contribution in [3.05, 3.63) is 70.5 Å². The number of nitrogens with zero attached hydrogens (tertiary/aromatic N) is 1. The molecule has 1 atom stereocenters. The molecule has 28 heavy (non-hydrogen) atoms. The lowest BCUT2D eigenvalue weighted by atomic mass is 9.83. The lowest BCUT2D eigenvalue weighted by Crippen LogP contribution is -2.10. The number of benzene rings is 1. The summed E-state index contributed by atoms with van der Waals surface area (Å²) in [6.45, 7) is 2.30. The maximum atomic E-state index is 5.82. The van der Waals surface area contributed by atoms with Gasteiger partial charge in [0.25, 0.3) is 0 Å². The summed E-state index contributed by atoms with van der Waals surface area (Å²) >= 11 is 0. The quantitative estimate of drug-likeness (QED) is 0.564. The van der Waals surface area contributed by atoms with Crippen molar-refractivity contribution < 1.29 is 4.74 Å². The molecule has 6 rings (SSSR count).